The van der Waals surface area contributed by atoms with Crippen LogP contribution in [-0.4, -0.2) is 22.7 Å². The van der Waals surface area contributed by atoms with E-state index in [0.29, 0.717) is 6.54 Å². The SMILES string of the molecule is CC(Br)C(=O)N(C)Cc1cc(Br)cs1. The number of hydrogen-bond acceptors (Lipinski definition) is 2. The number of thiophene rings is 1. The molecule has 1 aromatic heterocycles. The van der Waals surface area contributed by atoms with Crippen LogP contribution in [0.25, 0.3) is 0 Å². The van der Waals surface area contributed by atoms with E-state index in [1.54, 1.807) is 16.2 Å². The Balaban J connectivity index is 2.57. The zero-order valence-corrected chi connectivity index (χ0v) is 11.9. The second-order valence-electron chi connectivity index (χ2n) is 3.04. The van der Waals surface area contributed by atoms with Gasteiger partial charge in [-0.3, -0.25) is 4.79 Å². The second-order valence-corrected chi connectivity index (χ2v) is 6.33. The molecule has 0 aliphatic rings. The van der Waals surface area contributed by atoms with Crippen LogP contribution >= 0.6 is 43.2 Å². The lowest BCUT2D eigenvalue weighted by atomic mass is 10.4. The number of carbonyl (C=O) groups is 1. The highest BCUT2D eigenvalue weighted by atomic mass is 79.9. The molecule has 1 atom stereocenters. The minimum absolute atomic E-state index is 0.106. The van der Waals surface area contributed by atoms with Crippen LogP contribution < -0.4 is 0 Å². The smallest absolute Gasteiger partial charge is 0.236 e. The van der Waals surface area contributed by atoms with E-state index in [1.807, 2.05) is 25.4 Å². The van der Waals surface area contributed by atoms with E-state index in [-0.39, 0.29) is 10.7 Å². The highest BCUT2D eigenvalue weighted by molar-refractivity contribution is 9.10. The Hall–Kier alpha value is 0.130. The largest absolute Gasteiger partial charge is 0.340 e. The lowest BCUT2D eigenvalue weighted by molar-refractivity contribution is -0.129. The number of amides is 1. The first-order valence-corrected chi connectivity index (χ1v) is 6.71. The molecular formula is C9H11Br2NOS. The van der Waals surface area contributed by atoms with Crippen molar-refractivity contribution in [2.24, 2.45) is 0 Å². The maximum atomic E-state index is 11.5. The van der Waals surface area contributed by atoms with Crippen molar-refractivity contribution in [3.05, 3.63) is 20.8 Å². The fraction of sp³-hybridized carbons (Fsp3) is 0.444. The summed E-state index contributed by atoms with van der Waals surface area (Å²) in [6.45, 7) is 2.51. The quantitative estimate of drug-likeness (QED) is 0.773. The van der Waals surface area contributed by atoms with Crippen molar-refractivity contribution in [3.63, 3.8) is 0 Å². The first kappa shape index (κ1) is 12.2. The molecule has 0 saturated heterocycles. The lowest BCUT2D eigenvalue weighted by Crippen LogP contribution is -2.31. The number of hydrogen-bond donors (Lipinski definition) is 0. The number of rotatable bonds is 3. The van der Waals surface area contributed by atoms with Gasteiger partial charge < -0.3 is 4.90 Å². The third kappa shape index (κ3) is 3.37. The van der Waals surface area contributed by atoms with Crippen LogP contribution in [-0.2, 0) is 11.3 Å². The molecule has 1 unspecified atom stereocenters. The molecule has 0 radical (unpaired) electrons. The normalized spacial score (nSPS) is 12.6. The fourth-order valence-electron chi connectivity index (χ4n) is 1.05. The molecule has 0 saturated carbocycles. The number of alkyl halides is 1. The Morgan fingerprint density at radius 1 is 1.71 bits per heavy atom. The summed E-state index contributed by atoms with van der Waals surface area (Å²) in [7, 11) is 1.81. The molecule has 78 valence electrons. The standard InChI is InChI=1S/C9H11Br2NOS/c1-6(10)9(13)12(2)4-8-3-7(11)5-14-8/h3,5-6H,4H2,1-2H3. The highest BCUT2D eigenvalue weighted by Gasteiger charge is 2.14. The second kappa shape index (κ2) is 5.28. The Kier molecular flexibility index (Phi) is 4.60. The van der Waals surface area contributed by atoms with Crippen LogP contribution in [0.15, 0.2) is 15.9 Å². The van der Waals surface area contributed by atoms with Gasteiger partial charge in [0.1, 0.15) is 0 Å². The molecule has 1 aromatic rings. The van der Waals surface area contributed by atoms with E-state index in [9.17, 15) is 4.79 Å². The minimum atomic E-state index is -0.115. The van der Waals surface area contributed by atoms with E-state index >= 15 is 0 Å². The van der Waals surface area contributed by atoms with Crippen molar-refractivity contribution in [1.29, 1.82) is 0 Å². The summed E-state index contributed by atoms with van der Waals surface area (Å²) in [4.78, 5) is 14.3. The third-order valence-electron chi connectivity index (χ3n) is 1.73. The zero-order valence-electron chi connectivity index (χ0n) is 7.96. The van der Waals surface area contributed by atoms with Crippen molar-refractivity contribution >= 4 is 49.1 Å². The summed E-state index contributed by atoms with van der Waals surface area (Å²) in [6, 6.07) is 2.04. The number of nitrogens with zero attached hydrogens (tertiary/aromatic N) is 1. The summed E-state index contributed by atoms with van der Waals surface area (Å²) in [6.07, 6.45) is 0. The molecular weight excluding hydrogens is 330 g/mol. The number of carbonyl (C=O) groups excluding carboxylic acids is 1. The van der Waals surface area contributed by atoms with Gasteiger partial charge in [-0.15, -0.1) is 11.3 Å². The predicted molar refractivity (Wildman–Crippen MR) is 66.9 cm³/mol. The molecule has 0 fully saturated rings. The van der Waals surface area contributed by atoms with Gasteiger partial charge in [-0.1, -0.05) is 15.9 Å². The van der Waals surface area contributed by atoms with Gasteiger partial charge in [0.25, 0.3) is 0 Å². The molecule has 14 heavy (non-hydrogen) atoms. The molecule has 0 aliphatic carbocycles. The molecule has 2 nitrogen and oxygen atoms in total. The third-order valence-corrected chi connectivity index (χ3v) is 3.81. The maximum Gasteiger partial charge on any atom is 0.236 e. The molecule has 1 heterocycles. The topological polar surface area (TPSA) is 20.3 Å². The van der Waals surface area contributed by atoms with Gasteiger partial charge in [0.05, 0.1) is 11.4 Å². The van der Waals surface area contributed by atoms with Gasteiger partial charge >= 0.3 is 0 Å². The van der Waals surface area contributed by atoms with Crippen molar-refractivity contribution in [2.45, 2.75) is 18.3 Å². The summed E-state index contributed by atoms with van der Waals surface area (Å²) < 4.78 is 1.07. The molecule has 5 heteroatoms. The summed E-state index contributed by atoms with van der Waals surface area (Å²) in [5.41, 5.74) is 0. The van der Waals surface area contributed by atoms with Gasteiger partial charge in [0.15, 0.2) is 0 Å². The van der Waals surface area contributed by atoms with Gasteiger partial charge in [0, 0.05) is 21.8 Å². The van der Waals surface area contributed by atoms with Gasteiger partial charge in [0.2, 0.25) is 5.91 Å². The first-order chi connectivity index (χ1) is 6.50. The van der Waals surface area contributed by atoms with Crippen LogP contribution in [0.3, 0.4) is 0 Å². The zero-order chi connectivity index (χ0) is 10.7. The number of halogens is 2. The maximum absolute atomic E-state index is 11.5. The Morgan fingerprint density at radius 2 is 2.36 bits per heavy atom. The fourth-order valence-corrected chi connectivity index (χ4v) is 2.91. The first-order valence-electron chi connectivity index (χ1n) is 4.12. The molecule has 1 rings (SSSR count). The van der Waals surface area contributed by atoms with E-state index in [4.69, 9.17) is 0 Å². The van der Waals surface area contributed by atoms with Crippen molar-refractivity contribution in [3.8, 4) is 0 Å². The Labute approximate surface area is 105 Å². The van der Waals surface area contributed by atoms with Crippen molar-refractivity contribution in [1.82, 2.24) is 4.90 Å². The van der Waals surface area contributed by atoms with Crippen LogP contribution in [0.4, 0.5) is 0 Å². The molecule has 0 N–H and O–H groups in total. The van der Waals surface area contributed by atoms with Crippen LogP contribution in [0.1, 0.15) is 11.8 Å². The van der Waals surface area contributed by atoms with Crippen LogP contribution in [0.5, 0.6) is 0 Å². The minimum Gasteiger partial charge on any atom is -0.340 e. The molecule has 0 aromatic carbocycles. The molecule has 1 amide bonds. The Morgan fingerprint density at radius 3 is 2.79 bits per heavy atom. The van der Waals surface area contributed by atoms with Crippen molar-refractivity contribution < 1.29 is 4.79 Å². The van der Waals surface area contributed by atoms with Crippen LogP contribution in [0, 0.1) is 0 Å². The monoisotopic (exact) mass is 339 g/mol. The van der Waals surface area contributed by atoms with Gasteiger partial charge in [-0.05, 0) is 28.9 Å². The van der Waals surface area contributed by atoms with E-state index in [1.165, 1.54) is 4.88 Å². The lowest BCUT2D eigenvalue weighted by Gasteiger charge is -2.17. The summed E-state index contributed by atoms with van der Waals surface area (Å²) >= 11 is 8.30. The molecule has 0 aliphatic heterocycles. The Bertz CT molecular complexity index is 324. The van der Waals surface area contributed by atoms with E-state index < -0.39 is 0 Å². The van der Waals surface area contributed by atoms with E-state index in [0.717, 1.165) is 4.47 Å². The average molecular weight is 341 g/mol. The molecule has 0 bridgehead atoms. The highest BCUT2D eigenvalue weighted by Crippen LogP contribution is 2.21. The average Bonchev–Trinajstić information content (AvgIpc) is 2.49. The van der Waals surface area contributed by atoms with Crippen LogP contribution in [0.2, 0.25) is 0 Å². The van der Waals surface area contributed by atoms with Gasteiger partial charge in [-0.25, -0.2) is 0 Å². The van der Waals surface area contributed by atoms with E-state index in [2.05, 4.69) is 31.9 Å². The van der Waals surface area contributed by atoms with Gasteiger partial charge in [-0.2, -0.15) is 0 Å². The van der Waals surface area contributed by atoms with Crippen molar-refractivity contribution in [2.75, 3.05) is 7.05 Å². The summed E-state index contributed by atoms with van der Waals surface area (Å²) in [5.74, 6) is 0.106. The summed E-state index contributed by atoms with van der Waals surface area (Å²) in [5, 5.41) is 2.02. The molecule has 0 spiro atoms. The predicted octanol–water partition coefficient (Wildman–Crippen LogP) is 3.25.